The second-order valence-corrected chi connectivity index (χ2v) is 3.65. The van der Waals surface area contributed by atoms with Crippen LogP contribution in [0, 0.1) is 11.3 Å². The Hall–Kier alpha value is -0.590. The summed E-state index contributed by atoms with van der Waals surface area (Å²) in [5, 5.41) is 18.1. The summed E-state index contributed by atoms with van der Waals surface area (Å²) in [6.07, 6.45) is 4.12. The van der Waals surface area contributed by atoms with Crippen molar-refractivity contribution in [3.8, 4) is 6.07 Å². The van der Waals surface area contributed by atoms with Crippen LogP contribution in [0.3, 0.4) is 0 Å². The van der Waals surface area contributed by atoms with Crippen LogP contribution in [0.2, 0.25) is 0 Å². The monoisotopic (exact) mass is 182 g/mol. The Labute approximate surface area is 80.0 Å². The maximum Gasteiger partial charge on any atom is 0.0980 e. The molecule has 0 aromatic carbocycles. The van der Waals surface area contributed by atoms with Crippen LogP contribution in [0.4, 0.5) is 0 Å². The zero-order chi connectivity index (χ0) is 9.68. The molecule has 3 nitrogen and oxygen atoms in total. The molecule has 1 saturated heterocycles. The van der Waals surface area contributed by atoms with Crippen LogP contribution in [0.1, 0.15) is 32.6 Å². The van der Waals surface area contributed by atoms with Crippen LogP contribution in [-0.4, -0.2) is 35.2 Å². The third kappa shape index (κ3) is 2.43. The summed E-state index contributed by atoms with van der Waals surface area (Å²) in [5.41, 5.74) is 0. The van der Waals surface area contributed by atoms with Crippen molar-refractivity contribution in [3.63, 3.8) is 0 Å². The van der Waals surface area contributed by atoms with Crippen molar-refractivity contribution in [2.24, 2.45) is 0 Å². The zero-order valence-electron chi connectivity index (χ0n) is 8.24. The maximum atomic E-state index is 9.10. The van der Waals surface area contributed by atoms with E-state index in [4.69, 9.17) is 10.4 Å². The predicted octanol–water partition coefficient (Wildman–Crippen LogP) is 1.14. The Kier molecular flexibility index (Phi) is 4.20. The van der Waals surface area contributed by atoms with Gasteiger partial charge in [-0.25, -0.2) is 0 Å². The van der Waals surface area contributed by atoms with Gasteiger partial charge in [0.15, 0.2) is 0 Å². The second-order valence-electron chi connectivity index (χ2n) is 3.65. The van der Waals surface area contributed by atoms with E-state index in [-0.39, 0.29) is 18.7 Å². The lowest BCUT2D eigenvalue weighted by Gasteiger charge is -2.27. The summed E-state index contributed by atoms with van der Waals surface area (Å²) in [6, 6.07) is 2.57. The molecule has 13 heavy (non-hydrogen) atoms. The largest absolute Gasteiger partial charge is 0.395 e. The van der Waals surface area contributed by atoms with Crippen molar-refractivity contribution < 1.29 is 5.11 Å². The van der Waals surface area contributed by atoms with E-state index < -0.39 is 0 Å². The van der Waals surface area contributed by atoms with Gasteiger partial charge in [-0.2, -0.15) is 5.26 Å². The number of aliphatic hydroxyl groups excluding tert-OH is 1. The van der Waals surface area contributed by atoms with Crippen molar-refractivity contribution in [2.75, 3.05) is 13.2 Å². The Balaban J connectivity index is 2.52. The van der Waals surface area contributed by atoms with Gasteiger partial charge in [-0.15, -0.1) is 0 Å². The summed E-state index contributed by atoms with van der Waals surface area (Å²) >= 11 is 0. The van der Waals surface area contributed by atoms with E-state index in [9.17, 15) is 0 Å². The predicted molar refractivity (Wildman–Crippen MR) is 51.1 cm³/mol. The first kappa shape index (κ1) is 10.5. The molecule has 2 atom stereocenters. The average molecular weight is 182 g/mol. The van der Waals surface area contributed by atoms with Crippen molar-refractivity contribution in [3.05, 3.63) is 0 Å². The molecule has 1 aliphatic rings. The molecule has 0 amide bonds. The van der Waals surface area contributed by atoms with Gasteiger partial charge in [-0.1, -0.05) is 13.3 Å². The smallest absolute Gasteiger partial charge is 0.0980 e. The van der Waals surface area contributed by atoms with E-state index in [0.29, 0.717) is 0 Å². The molecular formula is C10H18N2O. The molecular weight excluding hydrogens is 164 g/mol. The van der Waals surface area contributed by atoms with E-state index >= 15 is 0 Å². The molecule has 0 aromatic heterocycles. The molecule has 0 saturated carbocycles. The minimum Gasteiger partial charge on any atom is -0.395 e. The number of rotatable bonds is 4. The lowest BCUT2D eigenvalue weighted by Crippen LogP contribution is -2.40. The summed E-state index contributed by atoms with van der Waals surface area (Å²) in [4.78, 5) is 2.16. The van der Waals surface area contributed by atoms with E-state index in [1.165, 1.54) is 0 Å². The molecule has 0 bridgehead atoms. The van der Waals surface area contributed by atoms with Gasteiger partial charge in [0, 0.05) is 6.04 Å². The maximum absolute atomic E-state index is 9.10. The van der Waals surface area contributed by atoms with Gasteiger partial charge in [0.2, 0.25) is 0 Å². The Morgan fingerprint density at radius 3 is 3.00 bits per heavy atom. The summed E-state index contributed by atoms with van der Waals surface area (Å²) in [6.45, 7) is 3.26. The topological polar surface area (TPSA) is 47.3 Å². The first-order valence-electron chi connectivity index (χ1n) is 5.09. The third-order valence-electron chi connectivity index (χ3n) is 2.74. The molecule has 74 valence electrons. The summed E-state index contributed by atoms with van der Waals surface area (Å²) < 4.78 is 0. The highest BCUT2D eigenvalue weighted by molar-refractivity contribution is 4.96. The molecule has 1 rings (SSSR count). The number of aliphatic hydroxyl groups is 1. The van der Waals surface area contributed by atoms with Crippen molar-refractivity contribution >= 4 is 0 Å². The van der Waals surface area contributed by atoms with Crippen LogP contribution in [0.15, 0.2) is 0 Å². The van der Waals surface area contributed by atoms with Crippen LogP contribution >= 0.6 is 0 Å². The fourth-order valence-electron chi connectivity index (χ4n) is 2.04. The molecule has 1 heterocycles. The standard InChI is InChI=1S/C10H18N2O/c1-2-4-9(7-11)12-6-3-5-10(12)8-13/h9-10,13H,2-6,8H2,1H3/t9-,10-/m0/s1. The fraction of sp³-hybridized carbons (Fsp3) is 0.900. The Morgan fingerprint density at radius 1 is 1.69 bits per heavy atom. The minimum absolute atomic E-state index is 0.0182. The zero-order valence-corrected chi connectivity index (χ0v) is 8.24. The van der Waals surface area contributed by atoms with E-state index in [1.807, 2.05) is 0 Å². The highest BCUT2D eigenvalue weighted by Crippen LogP contribution is 2.21. The van der Waals surface area contributed by atoms with Gasteiger partial charge in [-0.05, 0) is 25.8 Å². The first-order valence-corrected chi connectivity index (χ1v) is 5.09. The van der Waals surface area contributed by atoms with Crippen molar-refractivity contribution in [1.29, 1.82) is 5.26 Å². The molecule has 1 N–H and O–H groups in total. The number of likely N-dealkylation sites (tertiary alicyclic amines) is 1. The van der Waals surface area contributed by atoms with Gasteiger partial charge in [0.1, 0.15) is 0 Å². The van der Waals surface area contributed by atoms with Crippen LogP contribution in [0.25, 0.3) is 0 Å². The molecule has 0 aliphatic carbocycles. The molecule has 1 fully saturated rings. The molecule has 0 radical (unpaired) electrons. The highest BCUT2D eigenvalue weighted by Gasteiger charge is 2.29. The van der Waals surface area contributed by atoms with Gasteiger partial charge >= 0.3 is 0 Å². The van der Waals surface area contributed by atoms with Crippen molar-refractivity contribution in [1.82, 2.24) is 4.90 Å². The van der Waals surface area contributed by atoms with Gasteiger partial charge in [0.05, 0.1) is 18.7 Å². The molecule has 1 aliphatic heterocycles. The molecule has 3 heteroatoms. The quantitative estimate of drug-likeness (QED) is 0.709. The van der Waals surface area contributed by atoms with E-state index in [2.05, 4.69) is 17.9 Å². The highest BCUT2D eigenvalue weighted by atomic mass is 16.3. The third-order valence-corrected chi connectivity index (χ3v) is 2.74. The van der Waals surface area contributed by atoms with Crippen LogP contribution < -0.4 is 0 Å². The number of nitrogens with zero attached hydrogens (tertiary/aromatic N) is 2. The number of hydrogen-bond acceptors (Lipinski definition) is 3. The SMILES string of the molecule is CCC[C@@H](C#N)N1CCC[C@H]1CO. The fourth-order valence-corrected chi connectivity index (χ4v) is 2.04. The lowest BCUT2D eigenvalue weighted by molar-refractivity contribution is 0.135. The van der Waals surface area contributed by atoms with Crippen LogP contribution in [-0.2, 0) is 0 Å². The van der Waals surface area contributed by atoms with Crippen molar-refractivity contribution in [2.45, 2.75) is 44.7 Å². The summed E-state index contributed by atoms with van der Waals surface area (Å²) in [5.74, 6) is 0. The normalized spacial score (nSPS) is 25.8. The number of hydrogen-bond donors (Lipinski definition) is 1. The van der Waals surface area contributed by atoms with Crippen LogP contribution in [0.5, 0.6) is 0 Å². The van der Waals surface area contributed by atoms with Gasteiger partial charge < -0.3 is 5.11 Å². The molecule has 0 aromatic rings. The summed E-state index contributed by atoms with van der Waals surface area (Å²) in [7, 11) is 0. The van der Waals surface area contributed by atoms with E-state index in [1.54, 1.807) is 0 Å². The first-order chi connectivity index (χ1) is 6.33. The average Bonchev–Trinajstić information content (AvgIpc) is 2.61. The second kappa shape index (κ2) is 5.21. The molecule has 0 unspecified atom stereocenters. The van der Waals surface area contributed by atoms with Gasteiger partial charge in [-0.3, -0.25) is 4.90 Å². The minimum atomic E-state index is 0.0182. The Bertz CT molecular complexity index is 188. The Morgan fingerprint density at radius 2 is 2.46 bits per heavy atom. The molecule has 0 spiro atoms. The number of nitriles is 1. The van der Waals surface area contributed by atoms with Gasteiger partial charge in [0.25, 0.3) is 0 Å². The van der Waals surface area contributed by atoms with E-state index in [0.717, 1.165) is 32.2 Å². The lowest BCUT2D eigenvalue weighted by atomic mass is 10.1.